The molecule has 10 heteroatoms. The first-order valence-electron chi connectivity index (χ1n) is 6.75. The van der Waals surface area contributed by atoms with Crippen LogP contribution in [0, 0.1) is 0 Å². The Balaban J connectivity index is 2.28. The third-order valence-electron chi connectivity index (χ3n) is 3.31. The zero-order valence-electron chi connectivity index (χ0n) is 12.2. The van der Waals surface area contributed by atoms with Gasteiger partial charge >= 0.3 is 12.1 Å². The predicted octanol–water partition coefficient (Wildman–Crippen LogP) is 3.70. The van der Waals surface area contributed by atoms with Crippen LogP contribution in [0.1, 0.15) is 16.1 Å². The molecule has 0 atom stereocenters. The van der Waals surface area contributed by atoms with Crippen LogP contribution in [0.5, 0.6) is 0 Å². The number of rotatable bonds is 3. The van der Waals surface area contributed by atoms with Crippen molar-refractivity contribution in [3.8, 4) is 16.9 Å². The fourth-order valence-electron chi connectivity index (χ4n) is 2.21. The zero-order valence-corrected chi connectivity index (χ0v) is 13.0. The Bertz CT molecular complexity index is 942. The van der Waals surface area contributed by atoms with Crippen LogP contribution < -0.4 is 0 Å². The van der Waals surface area contributed by atoms with Gasteiger partial charge in [0.25, 0.3) is 0 Å². The van der Waals surface area contributed by atoms with Crippen molar-refractivity contribution in [3.63, 3.8) is 0 Å². The minimum absolute atomic E-state index is 0.0261. The summed E-state index contributed by atoms with van der Waals surface area (Å²) in [4.78, 5) is 15.3. The van der Waals surface area contributed by atoms with Crippen LogP contribution in [0.15, 0.2) is 42.7 Å². The van der Waals surface area contributed by atoms with Crippen LogP contribution in [0.25, 0.3) is 16.9 Å². The van der Waals surface area contributed by atoms with E-state index in [9.17, 15) is 23.1 Å². The van der Waals surface area contributed by atoms with E-state index >= 15 is 0 Å². The molecule has 1 aromatic carbocycles. The second-order valence-corrected chi connectivity index (χ2v) is 5.32. The summed E-state index contributed by atoms with van der Waals surface area (Å²) in [6.45, 7) is 0. The van der Waals surface area contributed by atoms with Crippen molar-refractivity contribution in [2.45, 2.75) is 6.18 Å². The number of pyridine rings is 1. The van der Waals surface area contributed by atoms with Crippen LogP contribution in [-0.2, 0) is 6.18 Å². The lowest BCUT2D eigenvalue weighted by Gasteiger charge is -2.12. The highest BCUT2D eigenvalue weighted by Gasteiger charge is 2.32. The zero-order chi connectivity index (χ0) is 18.2. The Morgan fingerprint density at radius 1 is 1.24 bits per heavy atom. The number of carboxylic acid groups (broad SMARTS) is 1. The molecule has 2 heterocycles. The van der Waals surface area contributed by atoms with E-state index in [-0.39, 0.29) is 16.4 Å². The second kappa shape index (κ2) is 6.17. The molecule has 0 aliphatic rings. The maximum atomic E-state index is 13.0. The first kappa shape index (κ1) is 16.9. The lowest BCUT2D eigenvalue weighted by molar-refractivity contribution is -0.137. The van der Waals surface area contributed by atoms with Crippen LogP contribution >= 0.6 is 11.6 Å². The lowest BCUT2D eigenvalue weighted by Crippen LogP contribution is -2.08. The molecule has 6 nitrogen and oxygen atoms in total. The summed E-state index contributed by atoms with van der Waals surface area (Å²) in [6, 6.07) is 5.75. The molecule has 0 radical (unpaired) electrons. The lowest BCUT2D eigenvalue weighted by atomic mass is 10.1. The summed E-state index contributed by atoms with van der Waals surface area (Å²) in [5, 5.41) is 16.5. The van der Waals surface area contributed by atoms with Crippen molar-refractivity contribution in [3.05, 3.63) is 59.0 Å². The average Bonchev–Trinajstić information content (AvgIpc) is 3.00. The molecule has 2 aromatic heterocycles. The van der Waals surface area contributed by atoms with E-state index < -0.39 is 23.4 Å². The van der Waals surface area contributed by atoms with Gasteiger partial charge in [-0.3, -0.25) is 4.98 Å². The Kier molecular flexibility index (Phi) is 4.17. The van der Waals surface area contributed by atoms with Gasteiger partial charge in [-0.05, 0) is 30.3 Å². The number of carboxylic acids is 1. The first-order chi connectivity index (χ1) is 11.8. The van der Waals surface area contributed by atoms with E-state index in [1.165, 1.54) is 18.5 Å². The monoisotopic (exact) mass is 368 g/mol. The number of halogens is 4. The van der Waals surface area contributed by atoms with Gasteiger partial charge in [0.1, 0.15) is 5.69 Å². The van der Waals surface area contributed by atoms with Crippen molar-refractivity contribution < 1.29 is 23.1 Å². The number of hydrogen-bond acceptors (Lipinski definition) is 4. The number of hydrogen-bond donors (Lipinski definition) is 1. The van der Waals surface area contributed by atoms with E-state index in [2.05, 4.69) is 15.3 Å². The molecule has 0 aliphatic carbocycles. The summed E-state index contributed by atoms with van der Waals surface area (Å²) in [5.74, 6) is -1.38. The van der Waals surface area contributed by atoms with Crippen LogP contribution in [-0.4, -0.2) is 31.1 Å². The highest BCUT2D eigenvalue weighted by atomic mass is 35.5. The molecular formula is C15H8ClF3N4O2. The number of carbonyl (C=O) groups is 1. The molecule has 1 N–H and O–H groups in total. The largest absolute Gasteiger partial charge is 0.476 e. The maximum Gasteiger partial charge on any atom is 0.416 e. The molecule has 0 aliphatic heterocycles. The minimum atomic E-state index is -4.59. The number of alkyl halides is 3. The van der Waals surface area contributed by atoms with Gasteiger partial charge in [0.05, 0.1) is 16.3 Å². The highest BCUT2D eigenvalue weighted by molar-refractivity contribution is 6.32. The van der Waals surface area contributed by atoms with E-state index in [0.717, 1.165) is 22.9 Å². The summed E-state index contributed by atoms with van der Waals surface area (Å²) in [6.07, 6.45) is -1.78. The predicted molar refractivity (Wildman–Crippen MR) is 81.6 cm³/mol. The van der Waals surface area contributed by atoms with Gasteiger partial charge in [-0.25, -0.2) is 9.48 Å². The number of aromatic carboxylic acids is 1. The number of aromatic nitrogens is 4. The highest BCUT2D eigenvalue weighted by Crippen LogP contribution is 2.34. The van der Waals surface area contributed by atoms with Crippen LogP contribution in [0.4, 0.5) is 13.2 Å². The quantitative estimate of drug-likeness (QED) is 0.762. The molecule has 0 bridgehead atoms. The van der Waals surface area contributed by atoms with Gasteiger partial charge < -0.3 is 5.11 Å². The number of benzene rings is 1. The Labute approximate surface area is 143 Å². The van der Waals surface area contributed by atoms with Gasteiger partial charge in [0, 0.05) is 18.0 Å². The van der Waals surface area contributed by atoms with Crippen LogP contribution in [0.2, 0.25) is 5.02 Å². The van der Waals surface area contributed by atoms with Crippen molar-refractivity contribution in [1.29, 1.82) is 0 Å². The average molecular weight is 369 g/mol. The third kappa shape index (κ3) is 3.18. The maximum absolute atomic E-state index is 13.0. The minimum Gasteiger partial charge on any atom is -0.476 e. The van der Waals surface area contributed by atoms with E-state index in [1.807, 2.05) is 0 Å². The second-order valence-electron chi connectivity index (χ2n) is 4.91. The van der Waals surface area contributed by atoms with Gasteiger partial charge in [0.2, 0.25) is 0 Å². The summed E-state index contributed by atoms with van der Waals surface area (Å²) in [5.41, 5.74) is -1.23. The van der Waals surface area contributed by atoms with Crippen molar-refractivity contribution in [2.75, 3.05) is 0 Å². The van der Waals surface area contributed by atoms with Crippen molar-refractivity contribution in [1.82, 2.24) is 20.0 Å². The molecular weight excluding hydrogens is 361 g/mol. The fourth-order valence-corrected chi connectivity index (χ4v) is 2.41. The molecule has 0 unspecified atom stereocenters. The Morgan fingerprint density at radius 3 is 2.60 bits per heavy atom. The molecule has 0 fully saturated rings. The SMILES string of the molecule is O=C(O)c1nnn(-c2cc(C(F)(F)F)ccc2Cl)c1-c1cccnc1. The molecule has 0 saturated heterocycles. The van der Waals surface area contributed by atoms with Gasteiger partial charge in [-0.2, -0.15) is 13.2 Å². The summed E-state index contributed by atoms with van der Waals surface area (Å²) in [7, 11) is 0. The molecule has 25 heavy (non-hydrogen) atoms. The molecule has 0 spiro atoms. The van der Waals surface area contributed by atoms with E-state index in [4.69, 9.17) is 11.6 Å². The normalized spacial score (nSPS) is 11.5. The molecule has 3 aromatic rings. The fraction of sp³-hybridized carbons (Fsp3) is 0.0667. The smallest absolute Gasteiger partial charge is 0.416 e. The van der Waals surface area contributed by atoms with Gasteiger partial charge in [-0.1, -0.05) is 16.8 Å². The van der Waals surface area contributed by atoms with Gasteiger partial charge in [-0.15, -0.1) is 5.10 Å². The summed E-state index contributed by atoms with van der Waals surface area (Å²) < 4.78 is 39.9. The molecule has 128 valence electrons. The third-order valence-corrected chi connectivity index (χ3v) is 3.63. The van der Waals surface area contributed by atoms with E-state index in [1.54, 1.807) is 6.07 Å². The Hall–Kier alpha value is -2.94. The molecule has 3 rings (SSSR count). The van der Waals surface area contributed by atoms with Crippen LogP contribution in [0.3, 0.4) is 0 Å². The molecule has 0 saturated carbocycles. The van der Waals surface area contributed by atoms with Crippen molar-refractivity contribution >= 4 is 17.6 Å². The Morgan fingerprint density at radius 2 is 2.00 bits per heavy atom. The summed E-state index contributed by atoms with van der Waals surface area (Å²) >= 11 is 6.01. The topological polar surface area (TPSA) is 80.9 Å². The standard InChI is InChI=1S/C15H8ClF3N4O2/c16-10-4-3-9(15(17,18)19)6-11(10)23-13(8-2-1-5-20-7-8)12(14(24)25)21-22-23/h1-7H,(H,24,25). The number of nitrogens with zero attached hydrogens (tertiary/aromatic N) is 4. The first-order valence-corrected chi connectivity index (χ1v) is 7.13. The molecule has 0 amide bonds. The van der Waals surface area contributed by atoms with E-state index in [0.29, 0.717) is 5.56 Å². The van der Waals surface area contributed by atoms with Crippen molar-refractivity contribution in [2.24, 2.45) is 0 Å². The van der Waals surface area contributed by atoms with Gasteiger partial charge in [0.15, 0.2) is 5.69 Å².